The highest BCUT2D eigenvalue weighted by molar-refractivity contribution is 8.00. The Morgan fingerprint density at radius 2 is 2.00 bits per heavy atom. The first-order chi connectivity index (χ1) is 8.18. The van der Waals surface area contributed by atoms with Crippen LogP contribution in [-0.2, 0) is 6.42 Å². The minimum absolute atomic E-state index is 0.330. The number of hydrogen-bond acceptors (Lipinski definition) is 2. The number of aliphatic hydroxyl groups excluding tert-OH is 1. The third-order valence-electron chi connectivity index (χ3n) is 3.12. The number of halogens is 2. The fourth-order valence-electron chi connectivity index (χ4n) is 2.14. The molecule has 1 nitrogen and oxygen atoms in total. The molecular weight excluding hydrogens is 275 g/mol. The lowest BCUT2D eigenvalue weighted by Crippen LogP contribution is -2.28. The fourth-order valence-corrected chi connectivity index (χ4v) is 4.01. The van der Waals surface area contributed by atoms with Crippen molar-refractivity contribution in [3.05, 3.63) is 33.8 Å². The molecule has 1 fully saturated rings. The second kappa shape index (κ2) is 6.33. The lowest BCUT2D eigenvalue weighted by Gasteiger charge is -2.26. The number of hydrogen-bond donors (Lipinski definition) is 1. The van der Waals surface area contributed by atoms with Gasteiger partial charge in [-0.25, -0.2) is 0 Å². The van der Waals surface area contributed by atoms with Crippen molar-refractivity contribution >= 4 is 35.0 Å². The summed E-state index contributed by atoms with van der Waals surface area (Å²) in [4.78, 5) is 0. The van der Waals surface area contributed by atoms with Gasteiger partial charge in [-0.3, -0.25) is 0 Å². The van der Waals surface area contributed by atoms with E-state index in [1.54, 1.807) is 0 Å². The number of rotatable bonds is 3. The Labute approximate surface area is 117 Å². The predicted octanol–water partition coefficient (Wildman–Crippen LogP) is 4.18. The molecule has 1 aliphatic heterocycles. The van der Waals surface area contributed by atoms with Gasteiger partial charge >= 0.3 is 0 Å². The molecule has 2 rings (SSSR count). The Hall–Kier alpha value is 0.110. The summed E-state index contributed by atoms with van der Waals surface area (Å²) in [6, 6.07) is 5.48. The van der Waals surface area contributed by atoms with Crippen LogP contribution in [0.2, 0.25) is 10.0 Å². The second-order valence-electron chi connectivity index (χ2n) is 4.38. The summed E-state index contributed by atoms with van der Waals surface area (Å²) in [5.74, 6) is 1.15. The van der Waals surface area contributed by atoms with Crippen LogP contribution in [0.25, 0.3) is 0 Å². The minimum atomic E-state index is -0.349. The van der Waals surface area contributed by atoms with Gasteiger partial charge in [0.2, 0.25) is 0 Å². The summed E-state index contributed by atoms with van der Waals surface area (Å²) in [6.45, 7) is 0. The van der Waals surface area contributed by atoms with Gasteiger partial charge < -0.3 is 5.11 Å². The summed E-state index contributed by atoms with van der Waals surface area (Å²) in [5, 5.41) is 11.9. The number of benzene rings is 1. The molecule has 1 saturated heterocycles. The topological polar surface area (TPSA) is 20.2 Å². The zero-order valence-corrected chi connectivity index (χ0v) is 11.9. The Bertz CT molecular complexity index is 357. The molecule has 2 unspecified atom stereocenters. The summed E-state index contributed by atoms with van der Waals surface area (Å²) >= 11 is 14.1. The predicted molar refractivity (Wildman–Crippen MR) is 76.3 cm³/mol. The Balaban J connectivity index is 2.04. The average molecular weight is 291 g/mol. The summed E-state index contributed by atoms with van der Waals surface area (Å²) < 4.78 is 0. The van der Waals surface area contributed by atoms with Gasteiger partial charge in [-0.05, 0) is 36.3 Å². The van der Waals surface area contributed by atoms with E-state index in [0.717, 1.165) is 17.7 Å². The quantitative estimate of drug-likeness (QED) is 0.901. The SMILES string of the molecule is OC(Cc1c(Cl)cccc1Cl)C1CCCCS1. The van der Waals surface area contributed by atoms with E-state index in [-0.39, 0.29) is 6.10 Å². The van der Waals surface area contributed by atoms with Crippen molar-refractivity contribution in [2.45, 2.75) is 37.0 Å². The van der Waals surface area contributed by atoms with Crippen LogP contribution in [0.3, 0.4) is 0 Å². The lowest BCUT2D eigenvalue weighted by molar-refractivity contribution is 0.166. The van der Waals surface area contributed by atoms with Gasteiger partial charge in [0, 0.05) is 21.7 Å². The molecule has 1 N–H and O–H groups in total. The molecule has 0 amide bonds. The van der Waals surface area contributed by atoms with Gasteiger partial charge in [-0.15, -0.1) is 0 Å². The Morgan fingerprint density at radius 1 is 1.29 bits per heavy atom. The van der Waals surface area contributed by atoms with Crippen molar-refractivity contribution in [1.82, 2.24) is 0 Å². The molecule has 0 aliphatic carbocycles. The van der Waals surface area contributed by atoms with Crippen molar-refractivity contribution < 1.29 is 5.11 Å². The van der Waals surface area contributed by atoms with E-state index in [2.05, 4.69) is 0 Å². The van der Waals surface area contributed by atoms with Crippen LogP contribution in [0.4, 0.5) is 0 Å². The molecule has 4 heteroatoms. The van der Waals surface area contributed by atoms with E-state index in [1.807, 2.05) is 30.0 Å². The van der Waals surface area contributed by atoms with Crippen LogP contribution < -0.4 is 0 Å². The average Bonchev–Trinajstić information content (AvgIpc) is 2.35. The zero-order valence-electron chi connectivity index (χ0n) is 9.53. The van der Waals surface area contributed by atoms with Crippen molar-refractivity contribution in [2.24, 2.45) is 0 Å². The molecule has 0 saturated carbocycles. The fraction of sp³-hybridized carbons (Fsp3) is 0.538. The molecule has 94 valence electrons. The van der Waals surface area contributed by atoms with Gasteiger partial charge in [0.25, 0.3) is 0 Å². The Morgan fingerprint density at radius 3 is 2.59 bits per heavy atom. The van der Waals surface area contributed by atoms with Crippen molar-refractivity contribution in [3.8, 4) is 0 Å². The second-order valence-corrected chi connectivity index (χ2v) is 6.54. The standard InChI is InChI=1S/C13H16Cl2OS/c14-10-4-3-5-11(15)9(10)8-12(16)13-6-1-2-7-17-13/h3-5,12-13,16H,1-2,6-8H2. The van der Waals surface area contributed by atoms with E-state index in [0.29, 0.717) is 21.7 Å². The molecule has 0 bridgehead atoms. The molecule has 0 aromatic heterocycles. The first-order valence-electron chi connectivity index (χ1n) is 5.91. The van der Waals surface area contributed by atoms with E-state index >= 15 is 0 Å². The van der Waals surface area contributed by atoms with E-state index < -0.39 is 0 Å². The van der Waals surface area contributed by atoms with Crippen LogP contribution in [0.15, 0.2) is 18.2 Å². The Kier molecular flexibility index (Phi) is 5.04. The lowest BCUT2D eigenvalue weighted by atomic mass is 10.0. The van der Waals surface area contributed by atoms with Crippen molar-refractivity contribution in [1.29, 1.82) is 0 Å². The maximum absolute atomic E-state index is 10.2. The van der Waals surface area contributed by atoms with Crippen LogP contribution in [0, 0.1) is 0 Å². The highest BCUT2D eigenvalue weighted by atomic mass is 35.5. The summed E-state index contributed by atoms with van der Waals surface area (Å²) in [7, 11) is 0. The van der Waals surface area contributed by atoms with Crippen LogP contribution in [0.5, 0.6) is 0 Å². The van der Waals surface area contributed by atoms with Crippen LogP contribution in [0.1, 0.15) is 24.8 Å². The smallest absolute Gasteiger partial charge is 0.0700 e. The van der Waals surface area contributed by atoms with Gasteiger partial charge in [-0.2, -0.15) is 11.8 Å². The zero-order chi connectivity index (χ0) is 12.3. The molecule has 1 aliphatic rings. The highest BCUT2D eigenvalue weighted by Gasteiger charge is 2.23. The van der Waals surface area contributed by atoms with Gasteiger partial charge in [0.05, 0.1) is 6.10 Å². The van der Waals surface area contributed by atoms with Crippen molar-refractivity contribution in [2.75, 3.05) is 5.75 Å². The largest absolute Gasteiger partial charge is 0.392 e. The maximum atomic E-state index is 10.2. The van der Waals surface area contributed by atoms with E-state index in [4.69, 9.17) is 23.2 Å². The molecule has 0 spiro atoms. The highest BCUT2D eigenvalue weighted by Crippen LogP contribution is 2.32. The van der Waals surface area contributed by atoms with Crippen molar-refractivity contribution in [3.63, 3.8) is 0 Å². The molecule has 2 atom stereocenters. The summed E-state index contributed by atoms with van der Waals surface area (Å²) in [6.07, 6.45) is 3.77. The molecule has 0 radical (unpaired) electrons. The van der Waals surface area contributed by atoms with E-state index in [9.17, 15) is 5.11 Å². The summed E-state index contributed by atoms with van der Waals surface area (Å²) in [5.41, 5.74) is 0.870. The first-order valence-corrected chi connectivity index (χ1v) is 7.71. The minimum Gasteiger partial charge on any atom is -0.392 e. The molecular formula is C13H16Cl2OS. The van der Waals surface area contributed by atoms with Gasteiger partial charge in [0.1, 0.15) is 0 Å². The first kappa shape index (κ1) is 13.5. The molecule has 1 heterocycles. The third kappa shape index (κ3) is 3.54. The maximum Gasteiger partial charge on any atom is 0.0700 e. The third-order valence-corrected chi connectivity index (χ3v) is 5.33. The van der Waals surface area contributed by atoms with Gasteiger partial charge in [-0.1, -0.05) is 35.7 Å². The van der Waals surface area contributed by atoms with E-state index in [1.165, 1.54) is 12.8 Å². The number of aliphatic hydroxyl groups is 1. The monoisotopic (exact) mass is 290 g/mol. The molecule has 1 aromatic rings. The molecule has 1 aromatic carbocycles. The van der Waals surface area contributed by atoms with Gasteiger partial charge in [0.15, 0.2) is 0 Å². The normalized spacial score (nSPS) is 22.4. The number of thioether (sulfide) groups is 1. The van der Waals surface area contributed by atoms with Crippen LogP contribution in [-0.4, -0.2) is 22.2 Å². The molecule has 17 heavy (non-hydrogen) atoms. The van der Waals surface area contributed by atoms with Crippen LogP contribution >= 0.6 is 35.0 Å².